The number of hydrogen-bond acceptors (Lipinski definition) is 4. The minimum atomic E-state index is -0.470. The quantitative estimate of drug-likeness (QED) is 0.569. The van der Waals surface area contributed by atoms with E-state index in [9.17, 15) is 4.79 Å². The van der Waals surface area contributed by atoms with Gasteiger partial charge in [0.05, 0.1) is 13.4 Å². The molecule has 0 fully saturated rings. The largest absolute Gasteiger partial charge is 0.464 e. The molecule has 1 heterocycles. The SMILES string of the molecule is COC(=O)c1c(N)ncn1C. The number of methoxy groups -OCH3 is 1. The first-order chi connectivity index (χ1) is 5.16. The molecule has 1 rings (SSSR count). The number of aromatic nitrogens is 2. The van der Waals surface area contributed by atoms with Crippen LogP contribution in [0.2, 0.25) is 0 Å². The lowest BCUT2D eigenvalue weighted by Crippen LogP contribution is -2.09. The molecule has 0 aliphatic carbocycles. The van der Waals surface area contributed by atoms with Gasteiger partial charge < -0.3 is 15.0 Å². The van der Waals surface area contributed by atoms with Crippen LogP contribution in [0.15, 0.2) is 6.33 Å². The number of hydrogen-bond donors (Lipinski definition) is 1. The lowest BCUT2D eigenvalue weighted by atomic mass is 10.4. The van der Waals surface area contributed by atoms with E-state index < -0.39 is 5.97 Å². The van der Waals surface area contributed by atoms with E-state index in [1.54, 1.807) is 7.05 Å². The van der Waals surface area contributed by atoms with Gasteiger partial charge in [-0.05, 0) is 0 Å². The van der Waals surface area contributed by atoms with Crippen molar-refractivity contribution in [3.63, 3.8) is 0 Å². The first-order valence-electron chi connectivity index (χ1n) is 3.02. The molecular formula is C6H9N3O2. The predicted octanol–water partition coefficient (Wildman–Crippen LogP) is -0.211. The minimum absolute atomic E-state index is 0.194. The summed E-state index contributed by atoms with van der Waals surface area (Å²) in [4.78, 5) is 14.7. The van der Waals surface area contributed by atoms with Gasteiger partial charge in [-0.1, -0.05) is 0 Å². The zero-order valence-electron chi connectivity index (χ0n) is 6.37. The number of nitrogen functional groups attached to an aromatic ring is 1. The summed E-state index contributed by atoms with van der Waals surface area (Å²) in [5.74, 6) is -0.276. The highest BCUT2D eigenvalue weighted by Gasteiger charge is 2.14. The summed E-state index contributed by atoms with van der Waals surface area (Å²) in [6.07, 6.45) is 1.46. The van der Waals surface area contributed by atoms with Gasteiger partial charge in [0.1, 0.15) is 0 Å². The van der Waals surface area contributed by atoms with Crippen LogP contribution < -0.4 is 5.73 Å². The lowest BCUT2D eigenvalue weighted by molar-refractivity contribution is 0.0591. The molecule has 0 aliphatic heterocycles. The first kappa shape index (κ1) is 7.59. The van der Waals surface area contributed by atoms with Gasteiger partial charge in [0.2, 0.25) is 0 Å². The van der Waals surface area contributed by atoms with Crippen molar-refractivity contribution in [2.75, 3.05) is 12.8 Å². The predicted molar refractivity (Wildman–Crippen MR) is 39.0 cm³/mol. The van der Waals surface area contributed by atoms with E-state index in [1.165, 1.54) is 18.0 Å². The molecule has 0 bridgehead atoms. The highest BCUT2D eigenvalue weighted by molar-refractivity contribution is 5.92. The normalized spacial score (nSPS) is 9.64. The molecule has 0 unspecified atom stereocenters. The van der Waals surface area contributed by atoms with Crippen LogP contribution in [-0.2, 0) is 11.8 Å². The van der Waals surface area contributed by atoms with Crippen molar-refractivity contribution >= 4 is 11.8 Å². The Morgan fingerprint density at radius 2 is 2.45 bits per heavy atom. The van der Waals surface area contributed by atoms with Gasteiger partial charge in [-0.25, -0.2) is 9.78 Å². The second kappa shape index (κ2) is 2.61. The first-order valence-corrected chi connectivity index (χ1v) is 3.02. The van der Waals surface area contributed by atoms with Crippen LogP contribution in [0.5, 0.6) is 0 Å². The fraction of sp³-hybridized carbons (Fsp3) is 0.333. The Kier molecular flexibility index (Phi) is 1.80. The summed E-state index contributed by atoms with van der Waals surface area (Å²) < 4.78 is 5.99. The van der Waals surface area contributed by atoms with Gasteiger partial charge in [0, 0.05) is 7.05 Å². The number of nitrogens with two attached hydrogens (primary N) is 1. The molecule has 5 heteroatoms. The third-order valence-electron chi connectivity index (χ3n) is 1.34. The van der Waals surface area contributed by atoms with Gasteiger partial charge in [-0.2, -0.15) is 0 Å². The van der Waals surface area contributed by atoms with Crippen LogP contribution in [0.1, 0.15) is 10.5 Å². The molecule has 0 radical (unpaired) electrons. The highest BCUT2D eigenvalue weighted by atomic mass is 16.5. The maximum absolute atomic E-state index is 11.0. The van der Waals surface area contributed by atoms with Crippen molar-refractivity contribution in [3.8, 4) is 0 Å². The Labute approximate surface area is 63.8 Å². The van der Waals surface area contributed by atoms with Crippen molar-refractivity contribution in [2.24, 2.45) is 7.05 Å². The molecule has 0 amide bonds. The third kappa shape index (κ3) is 1.17. The van der Waals surface area contributed by atoms with E-state index in [1.807, 2.05) is 0 Å². The Bertz CT molecular complexity index is 260. The van der Waals surface area contributed by atoms with E-state index in [-0.39, 0.29) is 11.5 Å². The average Bonchev–Trinajstić information content (AvgIpc) is 2.30. The van der Waals surface area contributed by atoms with Crippen molar-refractivity contribution in [3.05, 3.63) is 12.0 Å². The Morgan fingerprint density at radius 3 is 2.82 bits per heavy atom. The Balaban J connectivity index is 3.10. The smallest absolute Gasteiger partial charge is 0.358 e. The maximum Gasteiger partial charge on any atom is 0.358 e. The van der Waals surface area contributed by atoms with Gasteiger partial charge in [0.15, 0.2) is 11.5 Å². The third-order valence-corrected chi connectivity index (χ3v) is 1.34. The van der Waals surface area contributed by atoms with E-state index in [0.29, 0.717) is 0 Å². The molecule has 5 nitrogen and oxygen atoms in total. The number of ether oxygens (including phenoxy) is 1. The molecule has 0 spiro atoms. The van der Waals surface area contributed by atoms with Crippen molar-refractivity contribution in [2.45, 2.75) is 0 Å². The summed E-state index contributed by atoms with van der Waals surface area (Å²) in [6, 6.07) is 0. The molecule has 0 aromatic carbocycles. The lowest BCUT2D eigenvalue weighted by Gasteiger charge is -1.99. The van der Waals surface area contributed by atoms with Crippen LogP contribution >= 0.6 is 0 Å². The van der Waals surface area contributed by atoms with Crippen LogP contribution in [0.25, 0.3) is 0 Å². The monoisotopic (exact) mass is 155 g/mol. The van der Waals surface area contributed by atoms with E-state index >= 15 is 0 Å². The van der Waals surface area contributed by atoms with Gasteiger partial charge in [-0.15, -0.1) is 0 Å². The molecular weight excluding hydrogens is 146 g/mol. The fourth-order valence-corrected chi connectivity index (χ4v) is 0.794. The fourth-order valence-electron chi connectivity index (χ4n) is 0.794. The number of imidazole rings is 1. The molecule has 0 aliphatic rings. The number of nitrogens with zero attached hydrogens (tertiary/aromatic N) is 2. The summed E-state index contributed by atoms with van der Waals surface area (Å²) in [5, 5.41) is 0. The number of carbonyl (C=O) groups is 1. The average molecular weight is 155 g/mol. The molecule has 2 N–H and O–H groups in total. The zero-order valence-corrected chi connectivity index (χ0v) is 6.37. The molecule has 0 saturated heterocycles. The van der Waals surface area contributed by atoms with Crippen molar-refractivity contribution < 1.29 is 9.53 Å². The maximum atomic E-state index is 11.0. The van der Waals surface area contributed by atoms with Crippen LogP contribution in [0.4, 0.5) is 5.82 Å². The topological polar surface area (TPSA) is 70.1 Å². The number of aryl methyl sites for hydroxylation is 1. The van der Waals surface area contributed by atoms with Crippen molar-refractivity contribution in [1.29, 1.82) is 0 Å². The van der Waals surface area contributed by atoms with Crippen LogP contribution in [-0.4, -0.2) is 22.6 Å². The van der Waals surface area contributed by atoms with E-state index in [4.69, 9.17) is 5.73 Å². The highest BCUT2D eigenvalue weighted by Crippen LogP contribution is 2.08. The summed E-state index contributed by atoms with van der Waals surface area (Å²) >= 11 is 0. The van der Waals surface area contributed by atoms with E-state index in [2.05, 4.69) is 9.72 Å². The molecule has 0 atom stereocenters. The number of rotatable bonds is 1. The summed E-state index contributed by atoms with van der Waals surface area (Å²) in [5.41, 5.74) is 5.67. The standard InChI is InChI=1S/C6H9N3O2/c1-9-3-8-5(7)4(9)6(10)11-2/h3H,7H2,1-2H3. The van der Waals surface area contributed by atoms with Crippen molar-refractivity contribution in [1.82, 2.24) is 9.55 Å². The minimum Gasteiger partial charge on any atom is -0.464 e. The molecule has 1 aromatic rings. The molecule has 0 saturated carbocycles. The zero-order chi connectivity index (χ0) is 8.43. The molecule has 60 valence electrons. The second-order valence-electron chi connectivity index (χ2n) is 2.08. The van der Waals surface area contributed by atoms with Gasteiger partial charge >= 0.3 is 5.97 Å². The number of anilines is 1. The molecule has 11 heavy (non-hydrogen) atoms. The van der Waals surface area contributed by atoms with Gasteiger partial charge in [-0.3, -0.25) is 0 Å². The molecule has 1 aromatic heterocycles. The number of esters is 1. The second-order valence-corrected chi connectivity index (χ2v) is 2.08. The summed E-state index contributed by atoms with van der Waals surface area (Å²) in [6.45, 7) is 0. The number of carbonyl (C=O) groups excluding carboxylic acids is 1. The Morgan fingerprint density at radius 1 is 1.82 bits per heavy atom. The van der Waals surface area contributed by atoms with Crippen LogP contribution in [0, 0.1) is 0 Å². The van der Waals surface area contributed by atoms with Gasteiger partial charge in [0.25, 0.3) is 0 Å². The van der Waals surface area contributed by atoms with Crippen LogP contribution in [0.3, 0.4) is 0 Å². The van der Waals surface area contributed by atoms with E-state index in [0.717, 1.165) is 0 Å². The Hall–Kier alpha value is -1.52. The summed E-state index contributed by atoms with van der Waals surface area (Å²) in [7, 11) is 2.98.